The zero-order valence-corrected chi connectivity index (χ0v) is 11.5. The van der Waals surface area contributed by atoms with Gasteiger partial charge in [-0.15, -0.1) is 0 Å². The highest BCUT2D eigenvalue weighted by Gasteiger charge is 2.11. The van der Waals surface area contributed by atoms with Crippen molar-refractivity contribution in [2.24, 2.45) is 0 Å². The predicted octanol–water partition coefficient (Wildman–Crippen LogP) is 1.74. The van der Waals surface area contributed by atoms with Gasteiger partial charge in [0.15, 0.2) is 0 Å². The van der Waals surface area contributed by atoms with Gasteiger partial charge in [0.2, 0.25) is 0 Å². The van der Waals surface area contributed by atoms with Crippen LogP contribution in [0.2, 0.25) is 0 Å². The number of hydrogen-bond donors (Lipinski definition) is 1. The van der Waals surface area contributed by atoms with Crippen molar-refractivity contribution in [1.82, 2.24) is 24.8 Å². The molecule has 2 aromatic heterocycles. The lowest BCUT2D eigenvalue weighted by Crippen LogP contribution is -2.17. The first-order chi connectivity index (χ1) is 10.3. The van der Waals surface area contributed by atoms with Crippen LogP contribution in [-0.2, 0) is 6.54 Å². The van der Waals surface area contributed by atoms with E-state index >= 15 is 0 Å². The highest BCUT2D eigenvalue weighted by Crippen LogP contribution is 2.13. The molecule has 0 aliphatic carbocycles. The Labute approximate surface area is 121 Å². The Morgan fingerprint density at radius 2 is 1.76 bits per heavy atom. The van der Waals surface area contributed by atoms with Crippen molar-refractivity contribution in [2.75, 3.05) is 5.32 Å². The second-order valence-electron chi connectivity index (χ2n) is 4.35. The molecule has 0 saturated heterocycles. The molecule has 1 amide bonds. The van der Waals surface area contributed by atoms with Crippen molar-refractivity contribution >= 4 is 11.6 Å². The lowest BCUT2D eigenvalue weighted by atomic mass is 10.2. The summed E-state index contributed by atoms with van der Waals surface area (Å²) in [6, 6.07) is 8.99. The van der Waals surface area contributed by atoms with Gasteiger partial charge >= 0.3 is 0 Å². The molecule has 1 N–H and O–H groups in total. The van der Waals surface area contributed by atoms with Crippen LogP contribution in [0.1, 0.15) is 17.4 Å². The second kappa shape index (κ2) is 5.58. The van der Waals surface area contributed by atoms with Crippen LogP contribution in [-0.4, -0.2) is 30.7 Å². The van der Waals surface area contributed by atoms with Crippen molar-refractivity contribution in [2.45, 2.75) is 13.5 Å². The third-order valence-electron chi connectivity index (χ3n) is 3.02. The maximum absolute atomic E-state index is 12.2. The molecule has 3 aromatic rings. The fourth-order valence-corrected chi connectivity index (χ4v) is 2.00. The molecule has 21 heavy (non-hydrogen) atoms. The molecule has 0 spiro atoms. The molecule has 0 saturated carbocycles. The third kappa shape index (κ3) is 2.66. The zero-order valence-electron chi connectivity index (χ0n) is 11.5. The van der Waals surface area contributed by atoms with Crippen LogP contribution in [0.5, 0.6) is 0 Å². The molecule has 3 rings (SSSR count). The van der Waals surface area contributed by atoms with Gasteiger partial charge in [-0.3, -0.25) is 9.48 Å². The number of nitrogens with one attached hydrogen (secondary N) is 1. The van der Waals surface area contributed by atoms with Crippen LogP contribution in [0, 0.1) is 0 Å². The van der Waals surface area contributed by atoms with Crippen LogP contribution < -0.4 is 5.32 Å². The number of anilines is 1. The highest BCUT2D eigenvalue weighted by atomic mass is 16.2. The van der Waals surface area contributed by atoms with Gasteiger partial charge in [0.05, 0.1) is 18.1 Å². The van der Waals surface area contributed by atoms with E-state index in [1.54, 1.807) is 29.3 Å². The van der Waals surface area contributed by atoms with Crippen LogP contribution in [0.25, 0.3) is 5.69 Å². The van der Waals surface area contributed by atoms with Crippen molar-refractivity contribution in [1.29, 1.82) is 0 Å². The van der Waals surface area contributed by atoms with Gasteiger partial charge in [-0.1, -0.05) is 0 Å². The number of amides is 1. The van der Waals surface area contributed by atoms with Crippen LogP contribution in [0.4, 0.5) is 5.69 Å². The number of aromatic nitrogens is 5. The maximum atomic E-state index is 12.2. The van der Waals surface area contributed by atoms with Crippen molar-refractivity contribution < 1.29 is 4.79 Å². The normalized spacial score (nSPS) is 10.5. The fraction of sp³-hybridized carbons (Fsp3) is 0.143. The molecule has 7 nitrogen and oxygen atoms in total. The largest absolute Gasteiger partial charge is 0.321 e. The molecular formula is C14H14N6O. The Morgan fingerprint density at radius 1 is 1.05 bits per heavy atom. The fourth-order valence-electron chi connectivity index (χ4n) is 2.00. The maximum Gasteiger partial charge on any atom is 0.273 e. The minimum absolute atomic E-state index is 0.181. The SMILES string of the molecule is CCn1nccc1C(=O)Nc1ccc(-n2nccn2)cc1. The molecule has 1 aromatic carbocycles. The van der Waals surface area contributed by atoms with Gasteiger partial charge in [0.1, 0.15) is 5.69 Å². The van der Waals surface area contributed by atoms with Crippen LogP contribution >= 0.6 is 0 Å². The second-order valence-corrected chi connectivity index (χ2v) is 4.35. The molecule has 0 fully saturated rings. The first-order valence-corrected chi connectivity index (χ1v) is 6.58. The monoisotopic (exact) mass is 282 g/mol. The lowest BCUT2D eigenvalue weighted by molar-refractivity contribution is 0.101. The molecular weight excluding hydrogens is 268 g/mol. The number of hydrogen-bond acceptors (Lipinski definition) is 4. The molecule has 0 bridgehead atoms. The number of benzene rings is 1. The summed E-state index contributed by atoms with van der Waals surface area (Å²) in [6.07, 6.45) is 4.84. The number of aryl methyl sites for hydroxylation is 1. The average molecular weight is 282 g/mol. The van der Waals surface area contributed by atoms with E-state index in [4.69, 9.17) is 0 Å². The first-order valence-electron chi connectivity index (χ1n) is 6.58. The zero-order chi connectivity index (χ0) is 14.7. The average Bonchev–Trinajstić information content (AvgIpc) is 3.19. The van der Waals surface area contributed by atoms with Gasteiger partial charge in [-0.25, -0.2) is 0 Å². The number of carbonyl (C=O) groups excluding carboxylic acids is 1. The van der Waals surface area contributed by atoms with Gasteiger partial charge in [0.25, 0.3) is 5.91 Å². The lowest BCUT2D eigenvalue weighted by Gasteiger charge is -2.07. The van der Waals surface area contributed by atoms with Crippen molar-refractivity contribution in [3.05, 3.63) is 54.6 Å². The Kier molecular flexibility index (Phi) is 3.46. The number of carbonyl (C=O) groups is 1. The topological polar surface area (TPSA) is 77.6 Å². The van der Waals surface area contributed by atoms with E-state index in [1.165, 1.54) is 4.80 Å². The van der Waals surface area contributed by atoms with E-state index in [-0.39, 0.29) is 5.91 Å². The Bertz CT molecular complexity index is 729. The first kappa shape index (κ1) is 13.0. The standard InChI is InChI=1S/C14H14N6O/c1-2-19-13(7-8-15-19)14(21)18-11-3-5-12(6-4-11)20-16-9-10-17-20/h3-10H,2H2,1H3,(H,18,21). The van der Waals surface area contributed by atoms with E-state index in [0.717, 1.165) is 5.69 Å². The summed E-state index contributed by atoms with van der Waals surface area (Å²) in [6.45, 7) is 2.59. The van der Waals surface area contributed by atoms with E-state index in [2.05, 4.69) is 20.6 Å². The summed E-state index contributed by atoms with van der Waals surface area (Å²) in [5.74, 6) is -0.181. The van der Waals surface area contributed by atoms with Gasteiger partial charge in [-0.05, 0) is 37.3 Å². The van der Waals surface area contributed by atoms with E-state index in [9.17, 15) is 4.79 Å². The van der Waals surface area contributed by atoms with Crippen LogP contribution in [0.3, 0.4) is 0 Å². The van der Waals surface area contributed by atoms with E-state index in [0.29, 0.717) is 17.9 Å². The molecule has 0 unspecified atom stereocenters. The van der Waals surface area contributed by atoms with Crippen LogP contribution in [0.15, 0.2) is 48.9 Å². The molecule has 7 heteroatoms. The molecule has 0 aliphatic rings. The smallest absolute Gasteiger partial charge is 0.273 e. The van der Waals surface area contributed by atoms with E-state index in [1.807, 2.05) is 31.2 Å². The minimum atomic E-state index is -0.181. The van der Waals surface area contributed by atoms with E-state index < -0.39 is 0 Å². The molecule has 106 valence electrons. The Balaban J connectivity index is 1.75. The summed E-state index contributed by atoms with van der Waals surface area (Å²) >= 11 is 0. The summed E-state index contributed by atoms with van der Waals surface area (Å²) in [5.41, 5.74) is 2.08. The molecule has 0 aliphatic heterocycles. The number of rotatable bonds is 4. The van der Waals surface area contributed by atoms with Gasteiger partial charge < -0.3 is 5.32 Å². The summed E-state index contributed by atoms with van der Waals surface area (Å²) in [7, 11) is 0. The predicted molar refractivity (Wildman–Crippen MR) is 77.2 cm³/mol. The quantitative estimate of drug-likeness (QED) is 0.790. The Hall–Kier alpha value is -2.96. The summed E-state index contributed by atoms with van der Waals surface area (Å²) < 4.78 is 1.65. The summed E-state index contributed by atoms with van der Waals surface area (Å²) in [4.78, 5) is 13.7. The minimum Gasteiger partial charge on any atom is -0.321 e. The number of nitrogens with zero attached hydrogens (tertiary/aromatic N) is 5. The van der Waals surface area contributed by atoms with Gasteiger partial charge in [-0.2, -0.15) is 20.1 Å². The molecule has 0 atom stereocenters. The Morgan fingerprint density at radius 3 is 2.43 bits per heavy atom. The molecule has 2 heterocycles. The third-order valence-corrected chi connectivity index (χ3v) is 3.02. The molecule has 0 radical (unpaired) electrons. The summed E-state index contributed by atoms with van der Waals surface area (Å²) in [5, 5.41) is 15.0. The van der Waals surface area contributed by atoms with Crippen molar-refractivity contribution in [3.63, 3.8) is 0 Å². The highest BCUT2D eigenvalue weighted by molar-refractivity contribution is 6.03. The van der Waals surface area contributed by atoms with Gasteiger partial charge in [0, 0.05) is 18.4 Å². The van der Waals surface area contributed by atoms with Crippen molar-refractivity contribution in [3.8, 4) is 5.69 Å².